The maximum Gasteiger partial charge on any atom is 0.228 e. The summed E-state index contributed by atoms with van der Waals surface area (Å²) in [5.41, 5.74) is 5.41. The van der Waals surface area contributed by atoms with Crippen LogP contribution in [0.4, 0.5) is 14.7 Å². The molecule has 0 bridgehead atoms. The molecule has 18 heavy (non-hydrogen) atoms. The summed E-state index contributed by atoms with van der Waals surface area (Å²) in [6, 6.07) is 4.14. The fourth-order valence-electron chi connectivity index (χ4n) is 1.25. The number of ether oxygens (including phenoxy) is 2. The number of anilines is 1. The van der Waals surface area contributed by atoms with E-state index < -0.39 is 11.6 Å². The Labute approximate surface area is 101 Å². The minimum Gasteiger partial charge on any atom is -0.481 e. The van der Waals surface area contributed by atoms with Gasteiger partial charge >= 0.3 is 0 Å². The van der Waals surface area contributed by atoms with Crippen molar-refractivity contribution in [2.75, 3.05) is 12.8 Å². The largest absolute Gasteiger partial charge is 0.481 e. The Bertz CT molecular complexity index is 578. The first kappa shape index (κ1) is 12.0. The van der Waals surface area contributed by atoms with E-state index in [-0.39, 0.29) is 23.5 Å². The molecule has 1 heterocycles. The van der Waals surface area contributed by atoms with Gasteiger partial charge in [-0.15, -0.1) is 0 Å². The van der Waals surface area contributed by atoms with E-state index in [1.165, 1.54) is 13.2 Å². The Morgan fingerprint density at radius 2 is 1.83 bits per heavy atom. The predicted octanol–water partition coefficient (Wildman–Crippen LogP) is 2.14. The highest BCUT2D eigenvalue weighted by Crippen LogP contribution is 2.26. The first-order valence-corrected chi connectivity index (χ1v) is 4.90. The van der Waals surface area contributed by atoms with Crippen molar-refractivity contribution >= 4 is 5.95 Å². The minimum atomic E-state index is -0.715. The Balaban J connectivity index is 2.33. The molecule has 5 nitrogen and oxygen atoms in total. The molecule has 2 N–H and O–H groups in total. The van der Waals surface area contributed by atoms with Crippen LogP contribution >= 0.6 is 0 Å². The summed E-state index contributed by atoms with van der Waals surface area (Å²) in [4.78, 5) is 7.45. The first-order chi connectivity index (χ1) is 8.58. The molecule has 0 radical (unpaired) electrons. The highest BCUT2D eigenvalue weighted by atomic mass is 19.1. The number of hydrogen-bond donors (Lipinski definition) is 1. The fraction of sp³-hybridized carbons (Fsp3) is 0.0909. The smallest absolute Gasteiger partial charge is 0.228 e. The molecule has 0 aliphatic rings. The van der Waals surface area contributed by atoms with Crippen LogP contribution in [0.3, 0.4) is 0 Å². The van der Waals surface area contributed by atoms with Crippen molar-refractivity contribution in [3.05, 3.63) is 35.9 Å². The lowest BCUT2D eigenvalue weighted by Gasteiger charge is -2.07. The maximum absolute atomic E-state index is 13.3. The van der Waals surface area contributed by atoms with Gasteiger partial charge in [0.05, 0.1) is 13.2 Å². The molecule has 0 fully saturated rings. The molecule has 0 saturated heterocycles. The third-order valence-electron chi connectivity index (χ3n) is 2.01. The van der Waals surface area contributed by atoms with E-state index in [9.17, 15) is 8.78 Å². The topological polar surface area (TPSA) is 70.3 Å². The van der Waals surface area contributed by atoms with E-state index in [0.29, 0.717) is 0 Å². The monoisotopic (exact) mass is 253 g/mol. The van der Waals surface area contributed by atoms with E-state index in [2.05, 4.69) is 9.97 Å². The Morgan fingerprint density at radius 1 is 1.11 bits per heavy atom. The molecule has 0 aliphatic carbocycles. The number of nitrogens with two attached hydrogens (primary N) is 1. The summed E-state index contributed by atoms with van der Waals surface area (Å²) in [6.45, 7) is 0. The van der Waals surface area contributed by atoms with Crippen molar-refractivity contribution in [1.82, 2.24) is 9.97 Å². The number of halogens is 2. The first-order valence-electron chi connectivity index (χ1n) is 4.90. The maximum atomic E-state index is 13.3. The fourth-order valence-corrected chi connectivity index (χ4v) is 1.25. The van der Waals surface area contributed by atoms with Gasteiger partial charge < -0.3 is 15.2 Å². The van der Waals surface area contributed by atoms with Crippen LogP contribution < -0.4 is 15.2 Å². The van der Waals surface area contributed by atoms with Gasteiger partial charge in [-0.3, -0.25) is 0 Å². The van der Waals surface area contributed by atoms with Gasteiger partial charge in [0, 0.05) is 6.07 Å². The zero-order valence-electron chi connectivity index (χ0n) is 9.35. The Kier molecular flexibility index (Phi) is 3.22. The number of nitrogen functional groups attached to an aromatic ring is 1. The molecule has 0 saturated carbocycles. The van der Waals surface area contributed by atoms with Crippen LogP contribution in [0.5, 0.6) is 17.5 Å². The summed E-state index contributed by atoms with van der Waals surface area (Å²) in [5, 5.41) is 0. The number of methoxy groups -OCH3 is 1. The summed E-state index contributed by atoms with van der Waals surface area (Å²) in [5.74, 6) is -1.61. The molecule has 0 spiro atoms. The van der Waals surface area contributed by atoms with Gasteiger partial charge in [0.25, 0.3) is 0 Å². The van der Waals surface area contributed by atoms with E-state index in [4.69, 9.17) is 15.2 Å². The van der Waals surface area contributed by atoms with Gasteiger partial charge in [0.1, 0.15) is 5.82 Å². The van der Waals surface area contributed by atoms with Crippen LogP contribution in [0.15, 0.2) is 24.3 Å². The lowest BCUT2D eigenvalue weighted by molar-refractivity contribution is 0.384. The molecule has 0 amide bonds. The van der Waals surface area contributed by atoms with Gasteiger partial charge in [-0.1, -0.05) is 0 Å². The second kappa shape index (κ2) is 4.82. The van der Waals surface area contributed by atoms with Crippen molar-refractivity contribution in [3.63, 3.8) is 0 Å². The standard InChI is InChI=1S/C11H9F2N3O2/c1-17-9-5-10(16-11(14)15-9)18-8-4-6(12)2-3-7(8)13/h2-5H,1H3,(H2,14,15,16). The normalized spacial score (nSPS) is 10.2. The molecular formula is C11H9F2N3O2. The van der Waals surface area contributed by atoms with Crippen LogP contribution in [0.2, 0.25) is 0 Å². The zero-order chi connectivity index (χ0) is 13.1. The highest BCUT2D eigenvalue weighted by Gasteiger charge is 2.09. The number of rotatable bonds is 3. The molecule has 1 aromatic carbocycles. The Hall–Kier alpha value is -2.44. The van der Waals surface area contributed by atoms with Gasteiger partial charge in [-0.05, 0) is 12.1 Å². The van der Waals surface area contributed by atoms with Crippen LogP contribution in [0.1, 0.15) is 0 Å². The summed E-state index contributed by atoms with van der Waals surface area (Å²) >= 11 is 0. The van der Waals surface area contributed by atoms with Crippen LogP contribution in [-0.2, 0) is 0 Å². The SMILES string of the molecule is COc1cc(Oc2cc(F)ccc2F)nc(N)n1. The summed E-state index contributed by atoms with van der Waals surface area (Å²) in [7, 11) is 1.38. The van der Waals surface area contributed by atoms with E-state index in [0.717, 1.165) is 18.2 Å². The summed E-state index contributed by atoms with van der Waals surface area (Å²) in [6.07, 6.45) is 0. The van der Waals surface area contributed by atoms with Crippen LogP contribution in [0.25, 0.3) is 0 Å². The third kappa shape index (κ3) is 2.62. The van der Waals surface area contributed by atoms with E-state index in [1.807, 2.05) is 0 Å². The van der Waals surface area contributed by atoms with Crippen LogP contribution in [-0.4, -0.2) is 17.1 Å². The molecule has 1 aromatic heterocycles. The minimum absolute atomic E-state index is 0.0381. The molecule has 2 rings (SSSR count). The highest BCUT2D eigenvalue weighted by molar-refractivity contribution is 5.34. The van der Waals surface area contributed by atoms with Gasteiger partial charge in [-0.2, -0.15) is 9.97 Å². The molecule has 0 unspecified atom stereocenters. The third-order valence-corrected chi connectivity index (χ3v) is 2.01. The Morgan fingerprint density at radius 3 is 2.56 bits per heavy atom. The van der Waals surface area contributed by atoms with Crippen LogP contribution in [0, 0.1) is 11.6 Å². The number of benzene rings is 1. The molecule has 0 aliphatic heterocycles. The second-order valence-corrected chi connectivity index (χ2v) is 3.28. The number of hydrogen-bond acceptors (Lipinski definition) is 5. The molecular weight excluding hydrogens is 244 g/mol. The predicted molar refractivity (Wildman–Crippen MR) is 59.4 cm³/mol. The number of nitrogens with zero attached hydrogens (tertiary/aromatic N) is 2. The van der Waals surface area contributed by atoms with Crippen molar-refractivity contribution in [1.29, 1.82) is 0 Å². The van der Waals surface area contributed by atoms with Gasteiger partial charge in [-0.25, -0.2) is 8.78 Å². The molecule has 0 atom stereocenters. The average molecular weight is 253 g/mol. The second-order valence-electron chi connectivity index (χ2n) is 3.28. The zero-order valence-corrected chi connectivity index (χ0v) is 9.35. The lowest BCUT2D eigenvalue weighted by atomic mass is 10.3. The van der Waals surface area contributed by atoms with E-state index in [1.54, 1.807) is 0 Å². The number of aromatic nitrogens is 2. The van der Waals surface area contributed by atoms with Crippen molar-refractivity contribution in [2.24, 2.45) is 0 Å². The van der Waals surface area contributed by atoms with Crippen molar-refractivity contribution < 1.29 is 18.3 Å². The molecule has 2 aromatic rings. The quantitative estimate of drug-likeness (QED) is 0.907. The van der Waals surface area contributed by atoms with Gasteiger partial charge in [0.15, 0.2) is 11.6 Å². The van der Waals surface area contributed by atoms with E-state index >= 15 is 0 Å². The van der Waals surface area contributed by atoms with Crippen molar-refractivity contribution in [2.45, 2.75) is 0 Å². The van der Waals surface area contributed by atoms with Crippen molar-refractivity contribution in [3.8, 4) is 17.5 Å². The molecule has 7 heteroatoms. The average Bonchev–Trinajstić information content (AvgIpc) is 2.33. The lowest BCUT2D eigenvalue weighted by Crippen LogP contribution is -2.00. The summed E-state index contributed by atoms with van der Waals surface area (Å²) < 4.78 is 36.2. The molecule has 94 valence electrons. The van der Waals surface area contributed by atoms with Gasteiger partial charge in [0.2, 0.25) is 17.7 Å².